The Labute approximate surface area is 160 Å². The van der Waals surface area contributed by atoms with Crippen molar-refractivity contribution < 1.29 is 9.53 Å². The van der Waals surface area contributed by atoms with E-state index in [-0.39, 0.29) is 17.9 Å². The summed E-state index contributed by atoms with van der Waals surface area (Å²) in [6.07, 6.45) is 3.17. The maximum absolute atomic E-state index is 12.2. The molecule has 0 amide bonds. The zero-order valence-electron chi connectivity index (χ0n) is 16.1. The first-order chi connectivity index (χ1) is 12.3. The minimum Gasteiger partial charge on any atom is -0.465 e. The van der Waals surface area contributed by atoms with Crippen molar-refractivity contribution in [3.05, 3.63) is 41.2 Å². The summed E-state index contributed by atoms with van der Waals surface area (Å²) in [6.45, 7) is 9.24. The van der Waals surface area contributed by atoms with Crippen molar-refractivity contribution in [1.29, 1.82) is 0 Å². The van der Waals surface area contributed by atoms with Gasteiger partial charge >= 0.3 is 5.97 Å². The van der Waals surface area contributed by atoms with Gasteiger partial charge in [-0.05, 0) is 56.2 Å². The van der Waals surface area contributed by atoms with E-state index in [1.54, 1.807) is 11.8 Å². The molecule has 0 radical (unpaired) electrons. The summed E-state index contributed by atoms with van der Waals surface area (Å²) in [5.74, 6) is -0.174. The van der Waals surface area contributed by atoms with Crippen LogP contribution < -0.4 is 5.73 Å². The Morgan fingerprint density at radius 2 is 2.08 bits per heavy atom. The normalized spacial score (nSPS) is 15.5. The fourth-order valence-electron chi connectivity index (χ4n) is 3.67. The lowest BCUT2D eigenvalue weighted by molar-refractivity contribution is -0.143. The maximum atomic E-state index is 12.2. The van der Waals surface area contributed by atoms with E-state index in [0.29, 0.717) is 6.61 Å². The molecule has 0 fully saturated rings. The van der Waals surface area contributed by atoms with E-state index < -0.39 is 0 Å². The molecule has 26 heavy (non-hydrogen) atoms. The number of benzene rings is 1. The predicted octanol–water partition coefficient (Wildman–Crippen LogP) is 4.61. The van der Waals surface area contributed by atoms with Crippen LogP contribution in [0, 0.1) is 12.3 Å². The molecule has 140 valence electrons. The van der Waals surface area contributed by atoms with Gasteiger partial charge in [0.15, 0.2) is 0 Å². The molecule has 4 nitrogen and oxygen atoms in total. The second-order valence-electron chi connectivity index (χ2n) is 7.71. The summed E-state index contributed by atoms with van der Waals surface area (Å²) >= 11 is 1.72. The first kappa shape index (κ1) is 18.9. The van der Waals surface area contributed by atoms with E-state index in [4.69, 9.17) is 10.5 Å². The number of rotatable bonds is 5. The SMILES string of the molecule is CCOC(=O)Cn1c(C)c(Sc2ccccc2N)c2c1CC(C)(C)CC2. The van der Waals surface area contributed by atoms with Crippen LogP contribution in [0.3, 0.4) is 0 Å². The summed E-state index contributed by atoms with van der Waals surface area (Å²) in [5, 5.41) is 0. The molecule has 1 aliphatic rings. The number of para-hydroxylation sites is 1. The van der Waals surface area contributed by atoms with Crippen LogP contribution >= 0.6 is 11.8 Å². The third kappa shape index (κ3) is 3.78. The summed E-state index contributed by atoms with van der Waals surface area (Å²) in [6, 6.07) is 7.96. The quantitative estimate of drug-likeness (QED) is 0.615. The summed E-state index contributed by atoms with van der Waals surface area (Å²) in [4.78, 5) is 14.5. The maximum Gasteiger partial charge on any atom is 0.325 e. The van der Waals surface area contributed by atoms with Crippen LogP contribution in [-0.4, -0.2) is 17.1 Å². The van der Waals surface area contributed by atoms with Crippen molar-refractivity contribution in [2.45, 2.75) is 63.3 Å². The van der Waals surface area contributed by atoms with Gasteiger partial charge < -0.3 is 15.0 Å². The number of carbonyl (C=O) groups is 1. The Morgan fingerprint density at radius 3 is 2.77 bits per heavy atom. The molecule has 0 spiro atoms. The molecule has 0 unspecified atom stereocenters. The average molecular weight is 373 g/mol. The number of ether oxygens (including phenoxy) is 1. The number of esters is 1. The van der Waals surface area contributed by atoms with Gasteiger partial charge in [-0.15, -0.1) is 0 Å². The van der Waals surface area contributed by atoms with Crippen molar-refractivity contribution in [3.63, 3.8) is 0 Å². The van der Waals surface area contributed by atoms with Gasteiger partial charge in [0.1, 0.15) is 6.54 Å². The zero-order chi connectivity index (χ0) is 18.9. The second-order valence-corrected chi connectivity index (χ2v) is 8.76. The topological polar surface area (TPSA) is 57.2 Å². The van der Waals surface area contributed by atoms with E-state index in [1.807, 2.05) is 25.1 Å². The molecule has 0 saturated carbocycles. The number of nitrogen functional groups attached to an aromatic ring is 1. The summed E-state index contributed by atoms with van der Waals surface area (Å²) < 4.78 is 7.37. The molecule has 2 N–H and O–H groups in total. The minimum atomic E-state index is -0.174. The molecular formula is C21H28N2O2S. The highest BCUT2D eigenvalue weighted by Crippen LogP contribution is 2.44. The Balaban J connectivity index is 2.03. The molecule has 0 atom stereocenters. The van der Waals surface area contributed by atoms with Crippen molar-refractivity contribution >= 4 is 23.4 Å². The number of fused-ring (bicyclic) bond motifs is 1. The largest absolute Gasteiger partial charge is 0.465 e. The van der Waals surface area contributed by atoms with Crippen molar-refractivity contribution in [2.24, 2.45) is 5.41 Å². The van der Waals surface area contributed by atoms with Crippen molar-refractivity contribution in [1.82, 2.24) is 4.57 Å². The first-order valence-electron chi connectivity index (χ1n) is 9.21. The van der Waals surface area contributed by atoms with E-state index >= 15 is 0 Å². The monoisotopic (exact) mass is 372 g/mol. The smallest absolute Gasteiger partial charge is 0.325 e. The number of nitrogens with two attached hydrogens (primary N) is 1. The molecule has 0 bridgehead atoms. The van der Waals surface area contributed by atoms with Crippen LogP contribution in [0.15, 0.2) is 34.1 Å². The lowest BCUT2D eigenvalue weighted by Gasteiger charge is -2.31. The van der Waals surface area contributed by atoms with Gasteiger partial charge in [-0.2, -0.15) is 0 Å². The Bertz CT molecular complexity index is 824. The molecule has 1 aromatic heterocycles. The van der Waals surface area contributed by atoms with Gasteiger partial charge in [-0.3, -0.25) is 4.79 Å². The van der Waals surface area contributed by atoms with E-state index in [9.17, 15) is 4.79 Å². The predicted molar refractivity (Wildman–Crippen MR) is 107 cm³/mol. The minimum absolute atomic E-state index is 0.174. The van der Waals surface area contributed by atoms with Gasteiger partial charge in [0.05, 0.1) is 6.61 Å². The molecule has 1 heterocycles. The van der Waals surface area contributed by atoms with E-state index in [2.05, 4.69) is 31.4 Å². The lowest BCUT2D eigenvalue weighted by atomic mass is 9.77. The molecule has 1 aliphatic carbocycles. The van der Waals surface area contributed by atoms with Crippen molar-refractivity contribution in [3.8, 4) is 0 Å². The number of carbonyl (C=O) groups excluding carboxylic acids is 1. The number of hydrogen-bond acceptors (Lipinski definition) is 4. The standard InChI is InChI=1S/C21H28N2O2S/c1-5-25-19(24)13-23-14(2)20(26-18-9-7-6-8-16(18)22)15-10-11-21(3,4)12-17(15)23/h6-9H,5,10-13,22H2,1-4H3. The summed E-state index contributed by atoms with van der Waals surface area (Å²) in [5.41, 5.74) is 11.0. The fraction of sp³-hybridized carbons (Fsp3) is 0.476. The molecular weight excluding hydrogens is 344 g/mol. The fourth-order valence-corrected chi connectivity index (χ4v) is 4.82. The highest BCUT2D eigenvalue weighted by molar-refractivity contribution is 7.99. The first-order valence-corrected chi connectivity index (χ1v) is 10.0. The third-order valence-electron chi connectivity index (χ3n) is 5.10. The Morgan fingerprint density at radius 1 is 1.35 bits per heavy atom. The highest BCUT2D eigenvalue weighted by Gasteiger charge is 2.32. The zero-order valence-corrected chi connectivity index (χ0v) is 16.9. The number of hydrogen-bond donors (Lipinski definition) is 1. The van der Waals surface area contributed by atoms with Gasteiger partial charge in [-0.25, -0.2) is 0 Å². The van der Waals surface area contributed by atoms with Crippen LogP contribution in [0.1, 0.15) is 44.1 Å². The second kappa shape index (κ2) is 7.39. The van der Waals surface area contributed by atoms with Crippen LogP contribution in [0.2, 0.25) is 0 Å². The summed E-state index contributed by atoms with van der Waals surface area (Å²) in [7, 11) is 0. The van der Waals surface area contributed by atoms with Crippen LogP contribution in [0.4, 0.5) is 5.69 Å². The Hall–Kier alpha value is -1.88. The third-order valence-corrected chi connectivity index (χ3v) is 6.44. The van der Waals surface area contributed by atoms with Crippen LogP contribution in [0.25, 0.3) is 0 Å². The average Bonchev–Trinajstić information content (AvgIpc) is 2.81. The number of aromatic nitrogens is 1. The van der Waals surface area contributed by atoms with Gasteiger partial charge in [0.25, 0.3) is 0 Å². The molecule has 2 aromatic rings. The highest BCUT2D eigenvalue weighted by atomic mass is 32.2. The van der Waals surface area contributed by atoms with Gasteiger partial charge in [-0.1, -0.05) is 37.7 Å². The van der Waals surface area contributed by atoms with Crippen LogP contribution in [0.5, 0.6) is 0 Å². The Kier molecular flexibility index (Phi) is 5.37. The molecule has 3 rings (SSSR count). The van der Waals surface area contributed by atoms with E-state index in [0.717, 1.165) is 35.5 Å². The van der Waals surface area contributed by atoms with Crippen molar-refractivity contribution in [2.75, 3.05) is 12.3 Å². The number of nitrogens with zero attached hydrogens (tertiary/aromatic N) is 1. The number of anilines is 1. The van der Waals surface area contributed by atoms with Gasteiger partial charge in [0.2, 0.25) is 0 Å². The van der Waals surface area contributed by atoms with Crippen LogP contribution in [-0.2, 0) is 28.9 Å². The molecule has 1 aromatic carbocycles. The lowest BCUT2D eigenvalue weighted by Crippen LogP contribution is -2.25. The van der Waals surface area contributed by atoms with E-state index in [1.165, 1.54) is 16.2 Å². The molecule has 0 saturated heterocycles. The molecule has 0 aliphatic heterocycles. The van der Waals surface area contributed by atoms with Gasteiger partial charge in [0, 0.05) is 26.9 Å². The molecule has 5 heteroatoms.